The van der Waals surface area contributed by atoms with Crippen molar-refractivity contribution in [2.24, 2.45) is 0 Å². The molecule has 38 heavy (non-hydrogen) atoms. The normalized spacial score (nSPS) is 20.6. The molecule has 2 aliphatic rings. The van der Waals surface area contributed by atoms with Crippen molar-refractivity contribution in [1.29, 1.82) is 0 Å². The number of alkyl halides is 1. The number of aromatic nitrogens is 2. The Kier molecular flexibility index (Phi) is 9.49. The summed E-state index contributed by atoms with van der Waals surface area (Å²) < 4.78 is 31.9. The summed E-state index contributed by atoms with van der Waals surface area (Å²) in [4.78, 5) is 28.4. The average molecular weight is 587 g/mol. The van der Waals surface area contributed by atoms with Crippen LogP contribution in [0.3, 0.4) is 0 Å². The Morgan fingerprint density at radius 3 is 2.47 bits per heavy atom. The first-order valence-electron chi connectivity index (χ1n) is 12.6. The van der Waals surface area contributed by atoms with Gasteiger partial charge in [0.25, 0.3) is 10.1 Å². The Balaban J connectivity index is 1.50. The Morgan fingerprint density at radius 2 is 1.84 bits per heavy atom. The molecule has 1 aromatic carbocycles. The largest absolute Gasteiger partial charge is 0.387 e. The predicted molar refractivity (Wildman–Crippen MR) is 147 cm³/mol. The van der Waals surface area contributed by atoms with E-state index in [-0.39, 0.29) is 30.8 Å². The third kappa shape index (κ3) is 6.94. The molecule has 1 aliphatic carbocycles. The SMILES string of the molecule is C[C@@H]1C[C@@H](O)c2ncnc(N3CCN(C(=O)[C@H](CN(CCCl)CCS(=O)(=O)O)c4ccc(Cl)cc4)CC3)c21. The smallest absolute Gasteiger partial charge is 0.266 e. The molecule has 3 atom stereocenters. The molecule has 1 fully saturated rings. The number of carbonyl (C=O) groups is 1. The van der Waals surface area contributed by atoms with Crippen molar-refractivity contribution >= 4 is 45.0 Å². The molecule has 0 bridgehead atoms. The van der Waals surface area contributed by atoms with Crippen molar-refractivity contribution in [3.63, 3.8) is 0 Å². The highest BCUT2D eigenvalue weighted by molar-refractivity contribution is 7.85. The number of amides is 1. The van der Waals surface area contributed by atoms with Crippen molar-refractivity contribution in [1.82, 2.24) is 19.8 Å². The van der Waals surface area contributed by atoms with E-state index in [1.807, 2.05) is 4.90 Å². The summed E-state index contributed by atoms with van der Waals surface area (Å²) in [5.74, 6) is 0.138. The van der Waals surface area contributed by atoms with Crippen LogP contribution in [0.5, 0.6) is 0 Å². The number of aliphatic hydroxyl groups excluding tert-OH is 1. The second-order valence-electron chi connectivity index (χ2n) is 9.84. The standard InChI is InChI=1S/C25H33Cl2N5O5S/c1-17-14-21(33)23-22(17)24(29-16-28-23)31-8-10-32(11-9-31)25(34)20(18-2-4-19(27)5-3-18)15-30(7-6-26)12-13-38(35,36)37/h2-5,16-17,20-21,33H,6-15H2,1H3,(H,35,36,37)/t17-,20-,21-/m1/s1. The number of hydrogen-bond acceptors (Lipinski definition) is 8. The fraction of sp³-hybridized carbons (Fsp3) is 0.560. The third-order valence-electron chi connectivity index (χ3n) is 7.25. The maximum atomic E-state index is 13.8. The van der Waals surface area contributed by atoms with Crippen LogP contribution in [0, 0.1) is 0 Å². The molecule has 2 N–H and O–H groups in total. The first-order valence-corrected chi connectivity index (χ1v) is 15.1. The van der Waals surface area contributed by atoms with Crippen molar-refractivity contribution in [2.45, 2.75) is 31.3 Å². The van der Waals surface area contributed by atoms with Gasteiger partial charge in [0.05, 0.1) is 23.5 Å². The fourth-order valence-electron chi connectivity index (χ4n) is 5.25. The van der Waals surface area contributed by atoms with Gasteiger partial charge in [-0.3, -0.25) is 14.2 Å². The van der Waals surface area contributed by atoms with Crippen LogP contribution < -0.4 is 4.90 Å². The lowest BCUT2D eigenvalue weighted by Gasteiger charge is -2.38. The first-order chi connectivity index (χ1) is 18.1. The maximum Gasteiger partial charge on any atom is 0.266 e. The van der Waals surface area contributed by atoms with Crippen LogP contribution in [-0.2, 0) is 14.9 Å². The number of rotatable bonds is 10. The van der Waals surface area contributed by atoms with Gasteiger partial charge >= 0.3 is 0 Å². The number of benzene rings is 1. The van der Waals surface area contributed by atoms with Gasteiger partial charge < -0.3 is 14.9 Å². The number of piperazine rings is 1. The van der Waals surface area contributed by atoms with Crippen molar-refractivity contribution in [2.75, 3.05) is 62.3 Å². The maximum absolute atomic E-state index is 13.8. The molecular formula is C25H33Cl2N5O5S. The van der Waals surface area contributed by atoms with Crippen molar-refractivity contribution in [3.8, 4) is 0 Å². The van der Waals surface area contributed by atoms with Crippen LogP contribution in [0.25, 0.3) is 0 Å². The molecule has 10 nitrogen and oxygen atoms in total. The Morgan fingerprint density at radius 1 is 1.16 bits per heavy atom. The number of fused-ring (bicyclic) bond motifs is 1. The van der Waals surface area contributed by atoms with E-state index in [1.165, 1.54) is 6.33 Å². The molecule has 0 saturated carbocycles. The highest BCUT2D eigenvalue weighted by Crippen LogP contribution is 2.42. The third-order valence-corrected chi connectivity index (χ3v) is 8.37. The number of carbonyl (C=O) groups excluding carboxylic acids is 1. The predicted octanol–water partition coefficient (Wildman–Crippen LogP) is 2.53. The van der Waals surface area contributed by atoms with E-state index in [0.29, 0.717) is 49.9 Å². The Labute approximate surface area is 233 Å². The van der Waals surface area contributed by atoms with Gasteiger partial charge in [-0.25, -0.2) is 9.97 Å². The van der Waals surface area contributed by atoms with Crippen LogP contribution in [0.4, 0.5) is 5.82 Å². The highest BCUT2D eigenvalue weighted by atomic mass is 35.5. The Bertz CT molecular complexity index is 1230. The van der Waals surface area contributed by atoms with Crippen LogP contribution in [-0.4, -0.2) is 101 Å². The van der Waals surface area contributed by atoms with Crippen molar-refractivity contribution < 1.29 is 22.9 Å². The summed E-state index contributed by atoms with van der Waals surface area (Å²) in [5, 5.41) is 10.9. The number of anilines is 1. The molecule has 1 aromatic heterocycles. The van der Waals surface area contributed by atoms with Gasteiger partial charge in [0.2, 0.25) is 5.91 Å². The van der Waals surface area contributed by atoms with Gasteiger partial charge in [0.1, 0.15) is 12.1 Å². The lowest BCUT2D eigenvalue weighted by Crippen LogP contribution is -2.51. The van der Waals surface area contributed by atoms with Gasteiger partial charge in [0.15, 0.2) is 0 Å². The second kappa shape index (κ2) is 12.4. The summed E-state index contributed by atoms with van der Waals surface area (Å²) in [6.45, 7) is 4.87. The van der Waals surface area contributed by atoms with E-state index in [0.717, 1.165) is 16.9 Å². The molecule has 2 heterocycles. The molecular weight excluding hydrogens is 553 g/mol. The number of nitrogens with zero attached hydrogens (tertiary/aromatic N) is 5. The monoisotopic (exact) mass is 585 g/mol. The highest BCUT2D eigenvalue weighted by Gasteiger charge is 2.35. The first kappa shape index (κ1) is 29.0. The molecule has 1 amide bonds. The zero-order chi connectivity index (χ0) is 27.4. The number of hydrogen-bond donors (Lipinski definition) is 2. The van der Waals surface area contributed by atoms with Gasteiger partial charge in [0, 0.05) is 62.3 Å². The molecule has 1 saturated heterocycles. The average Bonchev–Trinajstić information content (AvgIpc) is 3.19. The van der Waals surface area contributed by atoms with E-state index in [9.17, 15) is 22.9 Å². The van der Waals surface area contributed by atoms with Crippen LogP contribution in [0.2, 0.25) is 5.02 Å². The van der Waals surface area contributed by atoms with Gasteiger partial charge in [-0.05, 0) is 30.0 Å². The molecule has 0 radical (unpaired) electrons. The molecule has 13 heteroatoms. The number of aliphatic hydroxyl groups is 1. The molecule has 1 aliphatic heterocycles. The second-order valence-corrected chi connectivity index (χ2v) is 12.2. The summed E-state index contributed by atoms with van der Waals surface area (Å²) in [6.07, 6.45) is 1.53. The van der Waals surface area contributed by atoms with Gasteiger partial charge in [-0.2, -0.15) is 8.42 Å². The van der Waals surface area contributed by atoms with Crippen molar-refractivity contribution in [3.05, 3.63) is 52.4 Å². The summed E-state index contributed by atoms with van der Waals surface area (Å²) in [7, 11) is -4.16. The molecule has 208 valence electrons. The van der Waals surface area contributed by atoms with Crippen LogP contribution >= 0.6 is 23.2 Å². The summed E-state index contributed by atoms with van der Waals surface area (Å²) >= 11 is 12.0. The summed E-state index contributed by atoms with van der Waals surface area (Å²) in [6, 6.07) is 7.06. The van der Waals surface area contributed by atoms with E-state index >= 15 is 0 Å². The lowest BCUT2D eigenvalue weighted by molar-refractivity contribution is -0.133. The Hall–Kier alpha value is -2.02. The zero-order valence-corrected chi connectivity index (χ0v) is 23.5. The van der Waals surface area contributed by atoms with Crippen LogP contribution in [0.15, 0.2) is 30.6 Å². The minimum atomic E-state index is -4.16. The molecule has 4 rings (SSSR count). The molecule has 0 unspecified atom stereocenters. The minimum Gasteiger partial charge on any atom is -0.387 e. The quantitative estimate of drug-likeness (QED) is 0.319. The molecule has 0 spiro atoms. The molecule has 2 aromatic rings. The lowest BCUT2D eigenvalue weighted by atomic mass is 9.96. The van der Waals surface area contributed by atoms with E-state index in [2.05, 4.69) is 21.8 Å². The van der Waals surface area contributed by atoms with Gasteiger partial charge in [-0.1, -0.05) is 30.7 Å². The number of halogens is 2. The van der Waals surface area contributed by atoms with E-state index in [4.69, 9.17) is 23.2 Å². The zero-order valence-electron chi connectivity index (χ0n) is 21.2. The van der Waals surface area contributed by atoms with Crippen LogP contribution in [0.1, 0.15) is 48.1 Å². The van der Waals surface area contributed by atoms with E-state index in [1.54, 1.807) is 29.2 Å². The minimum absolute atomic E-state index is 0.0551. The fourth-order valence-corrected chi connectivity index (χ4v) is 6.10. The van der Waals surface area contributed by atoms with E-state index < -0.39 is 27.9 Å². The summed E-state index contributed by atoms with van der Waals surface area (Å²) in [5.41, 5.74) is 2.44. The topological polar surface area (TPSA) is 127 Å². The van der Waals surface area contributed by atoms with Gasteiger partial charge in [-0.15, -0.1) is 11.6 Å².